The maximum atomic E-state index is 12.6. The number of aryl methyl sites for hydroxylation is 2. The van der Waals surface area contributed by atoms with Gasteiger partial charge in [-0.3, -0.25) is 4.79 Å². The number of benzene rings is 3. The van der Waals surface area contributed by atoms with E-state index in [0.29, 0.717) is 17.4 Å². The Labute approximate surface area is 177 Å². The highest BCUT2D eigenvalue weighted by atomic mass is 16.3. The molecule has 0 aliphatic carbocycles. The van der Waals surface area contributed by atoms with E-state index in [9.17, 15) is 4.79 Å². The molecule has 0 fully saturated rings. The fourth-order valence-electron chi connectivity index (χ4n) is 3.57. The van der Waals surface area contributed by atoms with Crippen molar-refractivity contribution in [2.24, 2.45) is 0 Å². The molecule has 4 aromatic rings. The number of carbonyl (C=O) groups excluding carboxylic acids is 1. The lowest BCUT2D eigenvalue weighted by atomic mass is 9.98. The lowest BCUT2D eigenvalue weighted by molar-refractivity contribution is 0.102. The van der Waals surface area contributed by atoms with Crippen LogP contribution in [-0.2, 0) is 0 Å². The molecule has 1 atom stereocenters. The van der Waals surface area contributed by atoms with Crippen molar-refractivity contribution < 1.29 is 9.21 Å². The molecule has 0 bridgehead atoms. The van der Waals surface area contributed by atoms with Crippen LogP contribution >= 0.6 is 0 Å². The lowest BCUT2D eigenvalue weighted by Crippen LogP contribution is -2.13. The van der Waals surface area contributed by atoms with Gasteiger partial charge in [-0.05, 0) is 79.8 Å². The van der Waals surface area contributed by atoms with Crippen LogP contribution < -0.4 is 5.32 Å². The van der Waals surface area contributed by atoms with Crippen molar-refractivity contribution in [3.63, 3.8) is 0 Å². The summed E-state index contributed by atoms with van der Waals surface area (Å²) < 4.78 is 5.94. The van der Waals surface area contributed by atoms with E-state index in [1.807, 2.05) is 62.4 Å². The lowest BCUT2D eigenvalue weighted by Gasteiger charge is -2.08. The van der Waals surface area contributed by atoms with Gasteiger partial charge >= 0.3 is 0 Å². The normalized spacial score (nSPS) is 12.1. The Morgan fingerprint density at radius 2 is 1.80 bits per heavy atom. The van der Waals surface area contributed by atoms with Gasteiger partial charge in [-0.15, -0.1) is 0 Å². The van der Waals surface area contributed by atoms with Gasteiger partial charge in [0.05, 0.1) is 0 Å². The van der Waals surface area contributed by atoms with E-state index in [1.54, 1.807) is 0 Å². The van der Waals surface area contributed by atoms with Gasteiger partial charge in [0.25, 0.3) is 5.91 Å². The molecule has 30 heavy (non-hydrogen) atoms. The van der Waals surface area contributed by atoms with Crippen LogP contribution in [0.2, 0.25) is 0 Å². The quantitative estimate of drug-likeness (QED) is 0.399. The largest absolute Gasteiger partial charge is 0.436 e. The van der Waals surface area contributed by atoms with E-state index in [2.05, 4.69) is 36.3 Å². The average molecular weight is 399 g/mol. The van der Waals surface area contributed by atoms with Gasteiger partial charge in [-0.2, -0.15) is 0 Å². The second kappa shape index (κ2) is 8.15. The van der Waals surface area contributed by atoms with Gasteiger partial charge < -0.3 is 9.73 Å². The van der Waals surface area contributed by atoms with Crippen LogP contribution in [0.4, 0.5) is 5.69 Å². The Morgan fingerprint density at radius 3 is 2.50 bits per heavy atom. The van der Waals surface area contributed by atoms with E-state index in [1.165, 1.54) is 5.56 Å². The summed E-state index contributed by atoms with van der Waals surface area (Å²) in [5.41, 5.74) is 7.32. The minimum Gasteiger partial charge on any atom is -0.436 e. The molecule has 1 amide bonds. The van der Waals surface area contributed by atoms with Gasteiger partial charge in [0.1, 0.15) is 5.52 Å². The third-order valence-electron chi connectivity index (χ3n) is 5.61. The van der Waals surface area contributed by atoms with E-state index >= 15 is 0 Å². The topological polar surface area (TPSA) is 55.1 Å². The zero-order valence-electron chi connectivity index (χ0n) is 17.8. The van der Waals surface area contributed by atoms with Crippen molar-refractivity contribution in [1.82, 2.24) is 4.98 Å². The molecule has 0 aliphatic rings. The summed E-state index contributed by atoms with van der Waals surface area (Å²) in [7, 11) is 0. The third kappa shape index (κ3) is 3.99. The first-order chi connectivity index (χ1) is 14.4. The van der Waals surface area contributed by atoms with Crippen molar-refractivity contribution in [3.8, 4) is 11.5 Å². The molecule has 1 unspecified atom stereocenters. The number of oxazole rings is 1. The molecule has 0 aliphatic heterocycles. The van der Waals surface area contributed by atoms with Crippen molar-refractivity contribution in [3.05, 3.63) is 82.9 Å². The van der Waals surface area contributed by atoms with Gasteiger partial charge in [0.15, 0.2) is 5.58 Å². The average Bonchev–Trinajstić information content (AvgIpc) is 3.17. The molecule has 1 heterocycles. The van der Waals surface area contributed by atoms with Crippen molar-refractivity contribution in [1.29, 1.82) is 0 Å². The molecular weight excluding hydrogens is 372 g/mol. The first-order valence-corrected chi connectivity index (χ1v) is 10.3. The molecule has 0 saturated carbocycles. The highest BCUT2D eigenvalue weighted by Gasteiger charge is 2.12. The molecule has 0 radical (unpaired) electrons. The van der Waals surface area contributed by atoms with E-state index < -0.39 is 0 Å². The summed E-state index contributed by atoms with van der Waals surface area (Å²) in [4.78, 5) is 17.3. The summed E-state index contributed by atoms with van der Waals surface area (Å²) in [6.45, 7) is 8.37. The molecule has 1 N–H and O–H groups in total. The number of amides is 1. The molecular formula is C26H26N2O2. The molecule has 3 aromatic carbocycles. The summed E-state index contributed by atoms with van der Waals surface area (Å²) in [5.74, 6) is 0.966. The first-order valence-electron chi connectivity index (χ1n) is 10.3. The number of fused-ring (bicyclic) bond motifs is 1. The smallest absolute Gasteiger partial charge is 0.255 e. The van der Waals surface area contributed by atoms with E-state index in [4.69, 9.17) is 4.42 Å². The number of anilines is 1. The van der Waals surface area contributed by atoms with Crippen LogP contribution in [0.1, 0.15) is 53.2 Å². The molecule has 4 nitrogen and oxygen atoms in total. The number of carbonyl (C=O) groups is 1. The highest BCUT2D eigenvalue weighted by molar-refractivity contribution is 6.05. The highest BCUT2D eigenvalue weighted by Crippen LogP contribution is 2.28. The molecule has 152 valence electrons. The maximum absolute atomic E-state index is 12.6. The zero-order chi connectivity index (χ0) is 21.3. The van der Waals surface area contributed by atoms with Crippen LogP contribution in [-0.4, -0.2) is 10.9 Å². The van der Waals surface area contributed by atoms with Crippen LogP contribution in [0, 0.1) is 13.8 Å². The molecule has 4 heteroatoms. The van der Waals surface area contributed by atoms with Gasteiger partial charge in [-0.1, -0.05) is 37.6 Å². The Kier molecular flexibility index (Phi) is 5.40. The van der Waals surface area contributed by atoms with Crippen molar-refractivity contribution in [2.45, 2.75) is 40.0 Å². The maximum Gasteiger partial charge on any atom is 0.255 e. The van der Waals surface area contributed by atoms with Crippen LogP contribution in [0.15, 0.2) is 65.1 Å². The van der Waals surface area contributed by atoms with E-state index in [0.717, 1.165) is 39.9 Å². The molecule has 0 spiro atoms. The summed E-state index contributed by atoms with van der Waals surface area (Å²) in [6.07, 6.45) is 1.09. The molecule has 0 saturated heterocycles. The Morgan fingerprint density at radius 1 is 1.03 bits per heavy atom. The third-order valence-corrected chi connectivity index (χ3v) is 5.61. The monoisotopic (exact) mass is 398 g/mol. The van der Waals surface area contributed by atoms with E-state index in [-0.39, 0.29) is 5.91 Å². The van der Waals surface area contributed by atoms with Gasteiger partial charge in [0.2, 0.25) is 5.89 Å². The summed E-state index contributed by atoms with van der Waals surface area (Å²) in [6, 6.07) is 19.6. The first kappa shape index (κ1) is 19.9. The Bertz CT molecular complexity index is 1210. The van der Waals surface area contributed by atoms with Crippen molar-refractivity contribution >= 4 is 22.7 Å². The molecule has 4 rings (SSSR count). The van der Waals surface area contributed by atoms with Gasteiger partial charge in [0, 0.05) is 16.8 Å². The summed E-state index contributed by atoms with van der Waals surface area (Å²) in [5, 5.41) is 2.96. The standard InChI is InChI=1S/C26H26N2O2/c1-5-17(3)20-9-13-24-23(15-20)28-26(30-24)19-7-10-21(11-8-19)27-25(29)22-12-6-16(2)14-18(22)4/h6-15,17H,5H2,1-4H3,(H,27,29). The fourth-order valence-corrected chi connectivity index (χ4v) is 3.57. The number of hydrogen-bond acceptors (Lipinski definition) is 3. The minimum absolute atomic E-state index is 0.111. The van der Waals surface area contributed by atoms with Crippen LogP contribution in [0.5, 0.6) is 0 Å². The number of hydrogen-bond donors (Lipinski definition) is 1. The Balaban J connectivity index is 1.53. The number of rotatable bonds is 5. The van der Waals surface area contributed by atoms with Gasteiger partial charge in [-0.25, -0.2) is 4.98 Å². The minimum atomic E-state index is -0.111. The fraction of sp³-hybridized carbons (Fsp3) is 0.231. The second-order valence-electron chi connectivity index (χ2n) is 7.91. The second-order valence-corrected chi connectivity index (χ2v) is 7.91. The van der Waals surface area contributed by atoms with Crippen molar-refractivity contribution in [2.75, 3.05) is 5.32 Å². The number of nitrogens with zero attached hydrogens (tertiary/aromatic N) is 1. The zero-order valence-corrected chi connectivity index (χ0v) is 17.8. The number of aromatic nitrogens is 1. The van der Waals surface area contributed by atoms with Crippen LogP contribution in [0.25, 0.3) is 22.6 Å². The molecule has 1 aromatic heterocycles. The summed E-state index contributed by atoms with van der Waals surface area (Å²) >= 11 is 0. The predicted octanol–water partition coefficient (Wildman–Crippen LogP) is 6.88. The van der Waals surface area contributed by atoms with Crippen LogP contribution in [0.3, 0.4) is 0 Å². The Hall–Kier alpha value is -3.40. The SMILES string of the molecule is CCC(C)c1ccc2oc(-c3ccc(NC(=O)c4ccc(C)cc4C)cc3)nc2c1. The predicted molar refractivity (Wildman–Crippen MR) is 122 cm³/mol. The number of nitrogens with one attached hydrogen (secondary N) is 1.